The number of pyridine rings is 1. The fourth-order valence-corrected chi connectivity index (χ4v) is 4.44. The largest absolute Gasteiger partial charge is 0.573 e. The summed E-state index contributed by atoms with van der Waals surface area (Å²) < 4.78 is 48.3. The van der Waals surface area contributed by atoms with Crippen LogP contribution in [0.5, 0.6) is 5.75 Å². The van der Waals surface area contributed by atoms with Gasteiger partial charge in [0.05, 0.1) is 0 Å². The molecule has 1 amide bonds. The van der Waals surface area contributed by atoms with Gasteiger partial charge in [-0.1, -0.05) is 24.3 Å². The monoisotopic (exact) mass is 538 g/mol. The van der Waals surface area contributed by atoms with Gasteiger partial charge in [-0.15, -0.1) is 23.4 Å². The first-order chi connectivity index (χ1) is 18.8. The predicted molar refractivity (Wildman–Crippen MR) is 136 cm³/mol. The van der Waals surface area contributed by atoms with Crippen molar-refractivity contribution in [2.75, 3.05) is 18.4 Å². The zero-order valence-electron chi connectivity index (χ0n) is 20.7. The molecule has 2 aromatic heterocycles. The van der Waals surface area contributed by atoms with Crippen LogP contribution in [0.2, 0.25) is 0 Å². The van der Waals surface area contributed by atoms with Crippen LogP contribution in [0, 0.1) is 0 Å². The van der Waals surface area contributed by atoms with Crippen LogP contribution in [0.25, 0.3) is 11.5 Å². The fraction of sp³-hybridized carbons (Fsp3) is 0.259. The van der Waals surface area contributed by atoms with Gasteiger partial charge in [0.2, 0.25) is 11.8 Å². The summed E-state index contributed by atoms with van der Waals surface area (Å²) in [4.78, 5) is 16.9. The molecule has 39 heavy (non-hydrogen) atoms. The first-order valence-corrected chi connectivity index (χ1v) is 12.3. The molecule has 1 aliphatic heterocycles. The van der Waals surface area contributed by atoms with Gasteiger partial charge in [0, 0.05) is 41.3 Å². The summed E-state index contributed by atoms with van der Waals surface area (Å²) in [6.45, 7) is 1.30. The topological polar surface area (TPSA) is 114 Å². The van der Waals surface area contributed by atoms with Crippen molar-refractivity contribution in [2.45, 2.75) is 31.3 Å². The summed E-state index contributed by atoms with van der Waals surface area (Å²) in [6, 6.07) is 16.1. The van der Waals surface area contributed by atoms with Crippen molar-refractivity contribution in [1.82, 2.24) is 25.8 Å². The lowest BCUT2D eigenvalue weighted by Crippen LogP contribution is -2.45. The van der Waals surface area contributed by atoms with Gasteiger partial charge in [0.25, 0.3) is 5.91 Å². The molecule has 0 atom stereocenters. The number of ether oxygens (including phenoxy) is 1. The molecular formula is C27H25F3N6O3. The minimum atomic E-state index is -4.83. The molecule has 0 radical (unpaired) electrons. The van der Waals surface area contributed by atoms with Gasteiger partial charge in [-0.2, -0.15) is 0 Å². The van der Waals surface area contributed by atoms with Crippen molar-refractivity contribution in [1.29, 1.82) is 0 Å². The molecule has 1 fully saturated rings. The Morgan fingerprint density at radius 3 is 2.56 bits per heavy atom. The van der Waals surface area contributed by atoms with Crippen molar-refractivity contribution < 1.29 is 27.1 Å². The number of para-hydroxylation sites is 1. The number of anilines is 1. The van der Waals surface area contributed by atoms with Gasteiger partial charge < -0.3 is 25.1 Å². The molecule has 0 spiro atoms. The maximum Gasteiger partial charge on any atom is 0.573 e. The van der Waals surface area contributed by atoms with Crippen LogP contribution in [0.1, 0.15) is 34.7 Å². The van der Waals surface area contributed by atoms with E-state index in [2.05, 4.69) is 35.9 Å². The van der Waals surface area contributed by atoms with E-state index in [1.165, 1.54) is 18.2 Å². The molecule has 3 heterocycles. The average molecular weight is 539 g/mol. The Labute approximate surface area is 221 Å². The molecule has 4 aromatic rings. The Bertz CT molecular complexity index is 1420. The highest BCUT2D eigenvalue weighted by molar-refractivity contribution is 5.95. The van der Waals surface area contributed by atoms with Gasteiger partial charge in [-0.3, -0.25) is 9.78 Å². The number of hydrogen-bond donors (Lipinski definition) is 3. The van der Waals surface area contributed by atoms with Gasteiger partial charge >= 0.3 is 6.36 Å². The summed E-state index contributed by atoms with van der Waals surface area (Å²) in [7, 11) is 0. The SMILES string of the molecule is O=C(NCc1ccccc1OC(F)(F)F)c1cccc(NC2(c3nnc(-c4ccncc4)o3)CCNCC2)c1. The lowest BCUT2D eigenvalue weighted by molar-refractivity contribution is -0.274. The van der Waals surface area contributed by atoms with Gasteiger partial charge in [-0.25, -0.2) is 0 Å². The lowest BCUT2D eigenvalue weighted by atomic mass is 9.87. The number of nitrogens with one attached hydrogen (secondary N) is 3. The van der Waals surface area contributed by atoms with Crippen LogP contribution < -0.4 is 20.7 Å². The van der Waals surface area contributed by atoms with E-state index in [4.69, 9.17) is 4.42 Å². The Balaban J connectivity index is 1.32. The van der Waals surface area contributed by atoms with Crippen molar-refractivity contribution in [3.63, 3.8) is 0 Å². The fourth-order valence-electron chi connectivity index (χ4n) is 4.44. The second-order valence-corrected chi connectivity index (χ2v) is 9.02. The standard InChI is InChI=1S/C27H25F3N6O3/c28-27(29,30)39-22-7-2-1-4-20(22)17-33-23(37)19-5-3-6-21(16-19)34-26(10-14-32-15-11-26)25-36-35-24(38-25)18-8-12-31-13-9-18/h1-9,12-13,16,32,34H,10-11,14-15,17H2,(H,33,37). The number of halogens is 3. The molecule has 12 heteroatoms. The van der Waals surface area contributed by atoms with E-state index < -0.39 is 17.8 Å². The summed E-state index contributed by atoms with van der Waals surface area (Å²) in [5.41, 5.74) is 1.29. The van der Waals surface area contributed by atoms with Gasteiger partial charge in [0.15, 0.2) is 0 Å². The molecule has 202 valence electrons. The summed E-state index contributed by atoms with van der Waals surface area (Å²) >= 11 is 0. The molecule has 2 aromatic carbocycles. The minimum Gasteiger partial charge on any atom is -0.418 e. The number of benzene rings is 2. The number of aromatic nitrogens is 3. The molecule has 1 saturated heterocycles. The number of amides is 1. The Morgan fingerprint density at radius 1 is 1.03 bits per heavy atom. The van der Waals surface area contributed by atoms with E-state index in [1.807, 2.05) is 6.07 Å². The van der Waals surface area contributed by atoms with E-state index in [-0.39, 0.29) is 17.9 Å². The molecule has 0 unspecified atom stereocenters. The number of rotatable bonds is 8. The second-order valence-electron chi connectivity index (χ2n) is 9.02. The molecule has 0 aliphatic carbocycles. The van der Waals surface area contributed by atoms with Gasteiger partial charge in [0.1, 0.15) is 11.3 Å². The first-order valence-electron chi connectivity index (χ1n) is 12.3. The third kappa shape index (κ3) is 6.34. The normalized spacial score (nSPS) is 14.9. The quantitative estimate of drug-likeness (QED) is 0.297. The van der Waals surface area contributed by atoms with Crippen molar-refractivity contribution in [2.24, 2.45) is 0 Å². The molecule has 0 saturated carbocycles. The number of carbonyl (C=O) groups excluding carboxylic acids is 1. The van der Waals surface area contributed by atoms with Crippen LogP contribution in [0.15, 0.2) is 77.5 Å². The predicted octanol–water partition coefficient (Wildman–Crippen LogP) is 4.65. The Kier molecular flexibility index (Phi) is 7.46. The number of alkyl halides is 3. The minimum absolute atomic E-state index is 0.141. The van der Waals surface area contributed by atoms with Crippen LogP contribution >= 0.6 is 0 Å². The zero-order chi connectivity index (χ0) is 27.3. The average Bonchev–Trinajstić information content (AvgIpc) is 3.44. The van der Waals surface area contributed by atoms with E-state index in [9.17, 15) is 18.0 Å². The maximum absolute atomic E-state index is 12.9. The molecule has 9 nitrogen and oxygen atoms in total. The zero-order valence-corrected chi connectivity index (χ0v) is 20.7. The van der Waals surface area contributed by atoms with E-state index in [0.29, 0.717) is 35.9 Å². The number of carbonyl (C=O) groups is 1. The summed E-state index contributed by atoms with van der Waals surface area (Å²) in [5, 5.41) is 18.1. The Morgan fingerprint density at radius 2 is 1.79 bits per heavy atom. The molecule has 0 bridgehead atoms. The van der Waals surface area contributed by atoms with Crippen LogP contribution in [0.3, 0.4) is 0 Å². The summed E-state index contributed by atoms with van der Waals surface area (Å²) in [5.74, 6) is 0.0128. The highest BCUT2D eigenvalue weighted by Crippen LogP contribution is 2.35. The van der Waals surface area contributed by atoms with Crippen molar-refractivity contribution >= 4 is 11.6 Å². The van der Waals surface area contributed by atoms with Gasteiger partial charge in [-0.05, 0) is 62.3 Å². The highest BCUT2D eigenvalue weighted by Gasteiger charge is 2.39. The third-order valence-electron chi connectivity index (χ3n) is 6.36. The maximum atomic E-state index is 12.9. The molecule has 3 N–H and O–H groups in total. The Hall–Kier alpha value is -4.45. The third-order valence-corrected chi connectivity index (χ3v) is 6.36. The lowest BCUT2D eigenvalue weighted by Gasteiger charge is -2.36. The van der Waals surface area contributed by atoms with Crippen LogP contribution in [0.4, 0.5) is 18.9 Å². The van der Waals surface area contributed by atoms with Crippen LogP contribution in [-0.4, -0.2) is 40.5 Å². The second kappa shape index (κ2) is 11.1. The van der Waals surface area contributed by atoms with E-state index in [0.717, 1.165) is 18.7 Å². The van der Waals surface area contributed by atoms with Crippen molar-refractivity contribution in [3.8, 4) is 17.2 Å². The smallest absolute Gasteiger partial charge is 0.418 e. The molecule has 5 rings (SSSR count). The van der Waals surface area contributed by atoms with Crippen molar-refractivity contribution in [3.05, 3.63) is 90.1 Å². The van der Waals surface area contributed by atoms with E-state index in [1.54, 1.807) is 48.8 Å². The summed E-state index contributed by atoms with van der Waals surface area (Å²) in [6.07, 6.45) is -0.205. The van der Waals surface area contributed by atoms with E-state index >= 15 is 0 Å². The van der Waals surface area contributed by atoms with Crippen LogP contribution in [-0.2, 0) is 12.1 Å². The first kappa shape index (κ1) is 26.2. The molecule has 1 aliphatic rings. The highest BCUT2D eigenvalue weighted by atomic mass is 19.4. The number of piperidine rings is 1. The molecular weight excluding hydrogens is 513 g/mol. The number of nitrogens with zero attached hydrogens (tertiary/aromatic N) is 3. The number of hydrogen-bond acceptors (Lipinski definition) is 8.